The highest BCUT2D eigenvalue weighted by Crippen LogP contribution is 2.36. The van der Waals surface area contributed by atoms with Crippen LogP contribution in [-0.2, 0) is 11.0 Å². The van der Waals surface area contributed by atoms with Crippen LogP contribution in [0, 0.1) is 5.92 Å². The Morgan fingerprint density at radius 3 is 2.67 bits per heavy atom. The van der Waals surface area contributed by atoms with Crippen LogP contribution in [0.3, 0.4) is 0 Å². The second-order valence-corrected chi connectivity index (χ2v) is 6.89. The summed E-state index contributed by atoms with van der Waals surface area (Å²) < 4.78 is 14.8. The van der Waals surface area contributed by atoms with Crippen LogP contribution in [0.1, 0.15) is 25.1 Å². The number of rotatable bonds is 3. The minimum Gasteiger partial charge on any atom is -0.508 e. The fourth-order valence-electron chi connectivity index (χ4n) is 2.73. The molecule has 2 aromatic rings. The molecule has 110 valence electrons. The second kappa shape index (κ2) is 5.95. The molecule has 1 saturated heterocycles. The number of phenols is 1. The fraction of sp³-hybridized carbons (Fsp3) is 0.312. The van der Waals surface area contributed by atoms with Gasteiger partial charge in [0.15, 0.2) is 0 Å². The Labute approximate surface area is 127 Å². The fourth-order valence-corrected chi connectivity index (χ4v) is 4.18. The smallest absolute Gasteiger partial charge is 0.128 e. The topological polar surface area (TPSA) is 53.4 Å². The highest BCUT2D eigenvalue weighted by atomic mass is 32.2. The summed E-state index contributed by atoms with van der Waals surface area (Å²) in [6.07, 6.45) is 2.74. The first kappa shape index (κ1) is 14.2. The van der Waals surface area contributed by atoms with Crippen molar-refractivity contribution in [1.82, 2.24) is 9.29 Å². The highest BCUT2D eigenvalue weighted by molar-refractivity contribution is 7.82. The number of aromatic nitrogens is 1. The van der Waals surface area contributed by atoms with Crippen molar-refractivity contribution in [3.63, 3.8) is 0 Å². The van der Waals surface area contributed by atoms with Crippen LogP contribution in [0.2, 0.25) is 0 Å². The van der Waals surface area contributed by atoms with Crippen molar-refractivity contribution < 1.29 is 9.32 Å². The Morgan fingerprint density at radius 1 is 1.24 bits per heavy atom. The molecular formula is C16H18N2O2S. The lowest BCUT2D eigenvalue weighted by atomic mass is 10.1. The maximum absolute atomic E-state index is 12.8. The van der Waals surface area contributed by atoms with Crippen LogP contribution < -0.4 is 0 Å². The van der Waals surface area contributed by atoms with Crippen LogP contribution in [0.5, 0.6) is 5.75 Å². The zero-order valence-electron chi connectivity index (χ0n) is 11.8. The number of aromatic hydroxyl groups is 1. The lowest BCUT2D eigenvalue weighted by Gasteiger charge is -2.22. The summed E-state index contributed by atoms with van der Waals surface area (Å²) in [5.74, 6) is 0.671. The van der Waals surface area contributed by atoms with Gasteiger partial charge in [0.25, 0.3) is 0 Å². The van der Waals surface area contributed by atoms with Gasteiger partial charge in [0, 0.05) is 12.7 Å². The molecule has 4 nitrogen and oxygen atoms in total. The molecule has 1 aromatic carbocycles. The largest absolute Gasteiger partial charge is 0.508 e. The van der Waals surface area contributed by atoms with Gasteiger partial charge in [0.1, 0.15) is 16.7 Å². The van der Waals surface area contributed by atoms with Crippen LogP contribution in [0.25, 0.3) is 0 Å². The lowest BCUT2D eigenvalue weighted by Crippen LogP contribution is -2.26. The molecule has 1 fully saturated rings. The molecule has 2 heterocycles. The van der Waals surface area contributed by atoms with E-state index in [1.54, 1.807) is 30.5 Å². The first-order valence-electron chi connectivity index (χ1n) is 7.03. The molecule has 3 atom stereocenters. The summed E-state index contributed by atoms with van der Waals surface area (Å²) in [5.41, 5.74) is 0.967. The molecular weight excluding hydrogens is 284 g/mol. The van der Waals surface area contributed by atoms with E-state index < -0.39 is 11.0 Å². The Hall–Kier alpha value is -1.72. The maximum Gasteiger partial charge on any atom is 0.128 e. The van der Waals surface area contributed by atoms with Crippen LogP contribution in [-0.4, -0.2) is 25.1 Å². The van der Waals surface area contributed by atoms with E-state index in [0.29, 0.717) is 10.8 Å². The standard InChI is InChI=1S/C16H18N2O2S/c1-12-10-16(15-4-2-3-9-17-15)18(11-12)21(20)14-7-5-13(19)6-8-14/h2-9,12,16,19H,10-11H2,1H3/t12-,16?,21?/m0/s1. The van der Waals surface area contributed by atoms with Gasteiger partial charge in [-0.2, -0.15) is 0 Å². The third-order valence-electron chi connectivity index (χ3n) is 3.75. The number of pyridine rings is 1. The van der Waals surface area contributed by atoms with Crippen molar-refractivity contribution in [3.05, 3.63) is 54.4 Å². The van der Waals surface area contributed by atoms with E-state index in [1.165, 1.54) is 0 Å². The van der Waals surface area contributed by atoms with Crippen molar-refractivity contribution in [1.29, 1.82) is 0 Å². The maximum atomic E-state index is 12.8. The summed E-state index contributed by atoms with van der Waals surface area (Å²) in [4.78, 5) is 5.13. The molecule has 1 aromatic heterocycles. The van der Waals surface area contributed by atoms with Crippen LogP contribution in [0.15, 0.2) is 53.6 Å². The van der Waals surface area contributed by atoms with Crippen molar-refractivity contribution >= 4 is 11.0 Å². The molecule has 21 heavy (non-hydrogen) atoms. The van der Waals surface area contributed by atoms with Gasteiger partial charge in [-0.25, -0.2) is 8.51 Å². The van der Waals surface area contributed by atoms with Crippen molar-refractivity contribution in [2.45, 2.75) is 24.3 Å². The molecule has 3 rings (SSSR count). The summed E-state index contributed by atoms with van der Waals surface area (Å²) in [7, 11) is -1.24. The van der Waals surface area contributed by atoms with E-state index >= 15 is 0 Å². The Kier molecular flexibility index (Phi) is 4.03. The van der Waals surface area contributed by atoms with E-state index in [-0.39, 0.29) is 11.8 Å². The first-order valence-corrected chi connectivity index (χ1v) is 8.14. The van der Waals surface area contributed by atoms with Gasteiger partial charge < -0.3 is 5.11 Å². The molecule has 1 aliphatic rings. The molecule has 0 bridgehead atoms. The molecule has 5 heteroatoms. The summed E-state index contributed by atoms with van der Waals surface area (Å²) in [5, 5.41) is 9.35. The molecule has 0 saturated carbocycles. The third kappa shape index (κ3) is 2.99. The molecule has 0 radical (unpaired) electrons. The van der Waals surface area contributed by atoms with E-state index in [1.807, 2.05) is 22.5 Å². The zero-order chi connectivity index (χ0) is 14.8. The van der Waals surface area contributed by atoms with Gasteiger partial charge in [-0.05, 0) is 48.7 Å². The second-order valence-electron chi connectivity index (χ2n) is 5.45. The lowest BCUT2D eigenvalue weighted by molar-refractivity contribution is 0.418. The summed E-state index contributed by atoms with van der Waals surface area (Å²) >= 11 is 0. The van der Waals surface area contributed by atoms with Crippen LogP contribution >= 0.6 is 0 Å². The zero-order valence-corrected chi connectivity index (χ0v) is 12.7. The number of nitrogens with zero attached hydrogens (tertiary/aromatic N) is 2. The highest BCUT2D eigenvalue weighted by Gasteiger charge is 2.35. The quantitative estimate of drug-likeness (QED) is 0.948. The molecule has 1 aliphatic heterocycles. The van der Waals surface area contributed by atoms with Gasteiger partial charge in [-0.15, -0.1) is 0 Å². The normalized spacial score (nSPS) is 24.0. The van der Waals surface area contributed by atoms with Gasteiger partial charge in [-0.3, -0.25) is 4.98 Å². The molecule has 0 aliphatic carbocycles. The van der Waals surface area contributed by atoms with E-state index in [0.717, 1.165) is 18.7 Å². The van der Waals surface area contributed by atoms with E-state index in [9.17, 15) is 9.32 Å². The van der Waals surface area contributed by atoms with Crippen molar-refractivity contribution in [2.24, 2.45) is 5.92 Å². The number of benzene rings is 1. The minimum atomic E-state index is -1.24. The Morgan fingerprint density at radius 2 is 2.00 bits per heavy atom. The Balaban J connectivity index is 1.88. The minimum absolute atomic E-state index is 0.0795. The SMILES string of the molecule is C[C@H]1CC(c2ccccn2)N(S(=O)c2ccc(O)cc2)C1. The van der Waals surface area contributed by atoms with Crippen LogP contribution in [0.4, 0.5) is 0 Å². The predicted octanol–water partition coefficient (Wildman–Crippen LogP) is 2.89. The van der Waals surface area contributed by atoms with Gasteiger partial charge in [0.2, 0.25) is 0 Å². The summed E-state index contributed by atoms with van der Waals surface area (Å²) in [6.45, 7) is 2.96. The average Bonchev–Trinajstić information content (AvgIpc) is 2.90. The summed E-state index contributed by atoms with van der Waals surface area (Å²) in [6, 6.07) is 12.5. The van der Waals surface area contributed by atoms with Gasteiger partial charge in [0.05, 0.1) is 16.6 Å². The number of hydrogen-bond donors (Lipinski definition) is 1. The molecule has 1 N–H and O–H groups in total. The van der Waals surface area contributed by atoms with Gasteiger partial charge >= 0.3 is 0 Å². The number of phenolic OH excluding ortho intramolecular Hbond substituents is 1. The monoisotopic (exact) mass is 302 g/mol. The van der Waals surface area contributed by atoms with E-state index in [2.05, 4.69) is 11.9 Å². The first-order chi connectivity index (χ1) is 10.1. The average molecular weight is 302 g/mol. The predicted molar refractivity (Wildman–Crippen MR) is 82.0 cm³/mol. The Bertz CT molecular complexity index is 630. The van der Waals surface area contributed by atoms with Crippen molar-refractivity contribution in [2.75, 3.05) is 6.54 Å². The molecule has 2 unspecified atom stereocenters. The van der Waals surface area contributed by atoms with Crippen molar-refractivity contribution in [3.8, 4) is 5.75 Å². The third-order valence-corrected chi connectivity index (χ3v) is 5.25. The molecule has 0 spiro atoms. The van der Waals surface area contributed by atoms with E-state index in [4.69, 9.17) is 0 Å². The van der Waals surface area contributed by atoms with Gasteiger partial charge in [-0.1, -0.05) is 13.0 Å². The number of hydrogen-bond acceptors (Lipinski definition) is 3. The molecule has 0 amide bonds.